The number of benzene rings is 1. The van der Waals surface area contributed by atoms with Crippen molar-refractivity contribution in [3.63, 3.8) is 0 Å². The van der Waals surface area contributed by atoms with Crippen LogP contribution in [0.4, 0.5) is 0 Å². The highest BCUT2D eigenvalue weighted by atomic mass is 16.4. The summed E-state index contributed by atoms with van der Waals surface area (Å²) in [5, 5.41) is 9.02. The minimum Gasteiger partial charge on any atom is -0.481 e. The highest BCUT2D eigenvalue weighted by Crippen LogP contribution is 2.24. The van der Waals surface area contributed by atoms with Crippen molar-refractivity contribution in [3.8, 4) is 0 Å². The zero-order valence-corrected chi connectivity index (χ0v) is 12.1. The van der Waals surface area contributed by atoms with Crippen molar-refractivity contribution in [2.75, 3.05) is 0 Å². The zero-order chi connectivity index (χ0) is 14.6. The van der Waals surface area contributed by atoms with Crippen LogP contribution in [0.1, 0.15) is 54.6 Å². The highest BCUT2D eigenvalue weighted by molar-refractivity contribution is 5.97. The van der Waals surface area contributed by atoms with E-state index in [2.05, 4.69) is 0 Å². The Morgan fingerprint density at radius 2 is 1.84 bits per heavy atom. The molecule has 0 unspecified atom stereocenters. The number of carboxylic acids is 1. The predicted molar refractivity (Wildman–Crippen MR) is 75.5 cm³/mol. The van der Waals surface area contributed by atoms with E-state index in [1.54, 1.807) is 13.8 Å². The number of hydrogen-bond acceptors (Lipinski definition) is 2. The SMILES string of the molecule is Cc1ccc(C)c(C(=O)CCCC(C)(C)C(=O)O)c1. The maximum Gasteiger partial charge on any atom is 0.309 e. The summed E-state index contributed by atoms with van der Waals surface area (Å²) in [6.45, 7) is 7.27. The molecule has 1 rings (SSSR count). The molecule has 0 heterocycles. The third-order valence-corrected chi connectivity index (χ3v) is 3.48. The summed E-state index contributed by atoms with van der Waals surface area (Å²) >= 11 is 0. The smallest absolute Gasteiger partial charge is 0.309 e. The van der Waals surface area contributed by atoms with E-state index in [0.29, 0.717) is 19.3 Å². The van der Waals surface area contributed by atoms with Gasteiger partial charge in [-0.2, -0.15) is 0 Å². The molecule has 0 aliphatic carbocycles. The van der Waals surface area contributed by atoms with Crippen LogP contribution in [-0.4, -0.2) is 16.9 Å². The lowest BCUT2D eigenvalue weighted by Crippen LogP contribution is -2.23. The number of carbonyl (C=O) groups is 2. The number of carbonyl (C=O) groups excluding carboxylic acids is 1. The average Bonchev–Trinajstić information content (AvgIpc) is 2.31. The van der Waals surface area contributed by atoms with Gasteiger partial charge in [0.2, 0.25) is 0 Å². The van der Waals surface area contributed by atoms with E-state index in [1.165, 1.54) is 0 Å². The van der Waals surface area contributed by atoms with Crippen LogP contribution in [-0.2, 0) is 4.79 Å². The molecule has 0 amide bonds. The third-order valence-electron chi connectivity index (χ3n) is 3.48. The van der Waals surface area contributed by atoms with Crippen LogP contribution in [0.15, 0.2) is 18.2 Å². The first-order valence-corrected chi connectivity index (χ1v) is 6.58. The molecule has 19 heavy (non-hydrogen) atoms. The van der Waals surface area contributed by atoms with Crippen molar-refractivity contribution in [3.05, 3.63) is 34.9 Å². The van der Waals surface area contributed by atoms with E-state index in [9.17, 15) is 9.59 Å². The van der Waals surface area contributed by atoms with E-state index in [1.807, 2.05) is 32.0 Å². The predicted octanol–water partition coefficient (Wildman–Crippen LogP) is 3.77. The Morgan fingerprint density at radius 3 is 2.42 bits per heavy atom. The van der Waals surface area contributed by atoms with Crippen molar-refractivity contribution in [2.24, 2.45) is 5.41 Å². The summed E-state index contributed by atoms with van der Waals surface area (Å²) in [6, 6.07) is 5.84. The molecule has 1 aromatic carbocycles. The lowest BCUT2D eigenvalue weighted by molar-refractivity contribution is -0.147. The fourth-order valence-electron chi connectivity index (χ4n) is 1.97. The van der Waals surface area contributed by atoms with Crippen LogP contribution < -0.4 is 0 Å². The maximum absolute atomic E-state index is 12.1. The van der Waals surface area contributed by atoms with E-state index in [-0.39, 0.29) is 5.78 Å². The van der Waals surface area contributed by atoms with Crippen LogP contribution >= 0.6 is 0 Å². The van der Waals surface area contributed by atoms with Crippen LogP contribution in [0, 0.1) is 19.3 Å². The van der Waals surface area contributed by atoms with Gasteiger partial charge in [-0.3, -0.25) is 9.59 Å². The van der Waals surface area contributed by atoms with Crippen molar-refractivity contribution >= 4 is 11.8 Å². The Morgan fingerprint density at radius 1 is 1.21 bits per heavy atom. The fourth-order valence-corrected chi connectivity index (χ4v) is 1.97. The van der Waals surface area contributed by atoms with Gasteiger partial charge in [-0.15, -0.1) is 0 Å². The van der Waals surface area contributed by atoms with Gasteiger partial charge in [0.05, 0.1) is 5.41 Å². The number of ketones is 1. The maximum atomic E-state index is 12.1. The third kappa shape index (κ3) is 4.19. The molecule has 0 saturated heterocycles. The van der Waals surface area contributed by atoms with Crippen molar-refractivity contribution in [1.29, 1.82) is 0 Å². The standard InChI is InChI=1S/C16H22O3/c1-11-7-8-12(2)13(10-11)14(17)6-5-9-16(3,4)15(18)19/h7-8,10H,5-6,9H2,1-4H3,(H,18,19). The summed E-state index contributed by atoms with van der Waals surface area (Å²) in [6.07, 6.45) is 1.52. The molecule has 1 aromatic rings. The fraction of sp³-hybridized carbons (Fsp3) is 0.500. The number of rotatable bonds is 6. The second-order valence-electron chi connectivity index (χ2n) is 5.78. The van der Waals surface area contributed by atoms with Gasteiger partial charge in [0.25, 0.3) is 0 Å². The van der Waals surface area contributed by atoms with Gasteiger partial charge >= 0.3 is 5.97 Å². The Hall–Kier alpha value is -1.64. The second kappa shape index (κ2) is 6.00. The lowest BCUT2D eigenvalue weighted by Gasteiger charge is -2.18. The molecule has 0 aromatic heterocycles. The van der Waals surface area contributed by atoms with E-state index in [0.717, 1.165) is 16.7 Å². The van der Waals surface area contributed by atoms with Crippen LogP contribution in [0.25, 0.3) is 0 Å². The largest absolute Gasteiger partial charge is 0.481 e. The van der Waals surface area contributed by atoms with Crippen molar-refractivity contribution in [2.45, 2.75) is 47.0 Å². The van der Waals surface area contributed by atoms with Gasteiger partial charge in [-0.1, -0.05) is 17.7 Å². The average molecular weight is 262 g/mol. The minimum atomic E-state index is -0.813. The van der Waals surface area contributed by atoms with Gasteiger partial charge in [-0.05, 0) is 52.2 Å². The zero-order valence-electron chi connectivity index (χ0n) is 12.1. The lowest BCUT2D eigenvalue weighted by atomic mass is 9.86. The molecule has 0 aliphatic heterocycles. The topological polar surface area (TPSA) is 54.4 Å². The molecule has 0 fully saturated rings. The van der Waals surface area contributed by atoms with Crippen LogP contribution in [0.3, 0.4) is 0 Å². The van der Waals surface area contributed by atoms with E-state index in [4.69, 9.17) is 5.11 Å². The Kier molecular flexibility index (Phi) is 4.87. The van der Waals surface area contributed by atoms with Gasteiger partial charge in [0.15, 0.2) is 5.78 Å². The minimum absolute atomic E-state index is 0.0994. The quantitative estimate of drug-likeness (QED) is 0.794. The second-order valence-corrected chi connectivity index (χ2v) is 5.78. The molecule has 3 nitrogen and oxygen atoms in total. The molecule has 1 N–H and O–H groups in total. The number of carboxylic acid groups (broad SMARTS) is 1. The summed E-state index contributed by atoms with van der Waals surface area (Å²) < 4.78 is 0. The van der Waals surface area contributed by atoms with Gasteiger partial charge < -0.3 is 5.11 Å². The van der Waals surface area contributed by atoms with E-state index >= 15 is 0 Å². The first-order valence-electron chi connectivity index (χ1n) is 6.58. The van der Waals surface area contributed by atoms with Gasteiger partial charge in [0.1, 0.15) is 0 Å². The number of hydrogen-bond donors (Lipinski definition) is 1. The molecular weight excluding hydrogens is 240 g/mol. The molecule has 3 heteroatoms. The van der Waals surface area contributed by atoms with Gasteiger partial charge in [-0.25, -0.2) is 0 Å². The van der Waals surface area contributed by atoms with Crippen molar-refractivity contribution < 1.29 is 14.7 Å². The Labute approximate surface area is 114 Å². The number of Topliss-reactive ketones (excluding diaryl/α,β-unsaturated/α-hetero) is 1. The van der Waals surface area contributed by atoms with E-state index < -0.39 is 11.4 Å². The molecule has 0 radical (unpaired) electrons. The molecule has 0 saturated carbocycles. The first-order chi connectivity index (χ1) is 8.74. The van der Waals surface area contributed by atoms with Crippen LogP contribution in [0.2, 0.25) is 0 Å². The summed E-state index contributed by atoms with van der Waals surface area (Å²) in [4.78, 5) is 23.1. The summed E-state index contributed by atoms with van der Waals surface area (Å²) in [5.74, 6) is -0.714. The Bertz CT molecular complexity index is 487. The molecule has 0 aliphatic rings. The molecular formula is C16H22O3. The molecule has 104 valence electrons. The summed E-state index contributed by atoms with van der Waals surface area (Å²) in [7, 11) is 0. The summed E-state index contributed by atoms with van der Waals surface area (Å²) in [5.41, 5.74) is 2.04. The van der Waals surface area contributed by atoms with Crippen LogP contribution in [0.5, 0.6) is 0 Å². The van der Waals surface area contributed by atoms with Crippen molar-refractivity contribution in [1.82, 2.24) is 0 Å². The Balaban J connectivity index is 2.62. The first kappa shape index (κ1) is 15.4. The molecule has 0 bridgehead atoms. The molecule has 0 spiro atoms. The monoisotopic (exact) mass is 262 g/mol. The number of aryl methyl sites for hydroxylation is 2. The highest BCUT2D eigenvalue weighted by Gasteiger charge is 2.26. The molecule has 0 atom stereocenters. The van der Waals surface area contributed by atoms with Gasteiger partial charge in [0, 0.05) is 12.0 Å². The normalized spacial score (nSPS) is 11.4. The number of aliphatic carboxylic acids is 1.